The number of methoxy groups -OCH3 is 1. The predicted molar refractivity (Wildman–Crippen MR) is 62.2 cm³/mol. The van der Waals surface area contributed by atoms with E-state index in [1.165, 1.54) is 32.2 Å². The summed E-state index contributed by atoms with van der Waals surface area (Å²) >= 11 is 0. The molecule has 0 aliphatic heterocycles. The maximum absolute atomic E-state index is 11.4. The van der Waals surface area contributed by atoms with Crippen LogP contribution in [0.25, 0.3) is 0 Å². The normalized spacial score (nSPS) is 11.7. The van der Waals surface area contributed by atoms with E-state index >= 15 is 0 Å². The molecule has 0 bridgehead atoms. The summed E-state index contributed by atoms with van der Waals surface area (Å²) in [7, 11) is 1.43. The highest BCUT2D eigenvalue weighted by Crippen LogP contribution is 2.25. The molecule has 1 aromatic carbocycles. The molecule has 0 saturated heterocycles. The van der Waals surface area contributed by atoms with Crippen LogP contribution in [-0.2, 0) is 4.79 Å². The van der Waals surface area contributed by atoms with E-state index in [-0.39, 0.29) is 11.3 Å². The number of benzene rings is 1. The molecule has 1 rings (SSSR count). The van der Waals surface area contributed by atoms with Gasteiger partial charge in [0.25, 0.3) is 0 Å². The van der Waals surface area contributed by atoms with Gasteiger partial charge in [0, 0.05) is 0 Å². The molecule has 1 amide bonds. The van der Waals surface area contributed by atoms with E-state index in [0.29, 0.717) is 5.75 Å². The first-order chi connectivity index (χ1) is 7.95. The Morgan fingerprint density at radius 2 is 2.12 bits per heavy atom. The van der Waals surface area contributed by atoms with Gasteiger partial charge >= 0.3 is 5.97 Å². The van der Waals surface area contributed by atoms with Crippen LogP contribution in [0.3, 0.4) is 0 Å². The van der Waals surface area contributed by atoms with Crippen LogP contribution in [0, 0.1) is 0 Å². The third-order valence-corrected chi connectivity index (χ3v) is 2.12. The first-order valence-electron chi connectivity index (χ1n) is 4.93. The largest absolute Gasteiger partial charge is 0.495 e. The molecule has 0 unspecified atom stereocenters. The number of ether oxygens (including phenoxy) is 1. The van der Waals surface area contributed by atoms with E-state index in [9.17, 15) is 9.59 Å². The predicted octanol–water partition coefficient (Wildman–Crippen LogP) is 0.679. The van der Waals surface area contributed by atoms with Gasteiger partial charge < -0.3 is 20.9 Å². The summed E-state index contributed by atoms with van der Waals surface area (Å²) in [6.45, 7) is 1.53. The summed E-state index contributed by atoms with van der Waals surface area (Å²) in [6, 6.07) is 3.50. The zero-order valence-electron chi connectivity index (χ0n) is 9.56. The minimum Gasteiger partial charge on any atom is -0.495 e. The Labute approximate surface area is 98.4 Å². The van der Waals surface area contributed by atoms with Gasteiger partial charge in [0.05, 0.1) is 24.4 Å². The third kappa shape index (κ3) is 3.18. The van der Waals surface area contributed by atoms with Gasteiger partial charge in [0.2, 0.25) is 5.91 Å². The van der Waals surface area contributed by atoms with Crippen molar-refractivity contribution in [1.29, 1.82) is 0 Å². The number of carbonyl (C=O) groups excluding carboxylic acids is 1. The molecular weight excluding hydrogens is 224 g/mol. The van der Waals surface area contributed by atoms with Crippen molar-refractivity contribution in [3.63, 3.8) is 0 Å². The van der Waals surface area contributed by atoms with Crippen LogP contribution >= 0.6 is 0 Å². The van der Waals surface area contributed by atoms with Gasteiger partial charge in [-0.05, 0) is 25.1 Å². The van der Waals surface area contributed by atoms with Crippen molar-refractivity contribution in [2.75, 3.05) is 12.4 Å². The van der Waals surface area contributed by atoms with Crippen LogP contribution in [0.15, 0.2) is 18.2 Å². The second-order valence-electron chi connectivity index (χ2n) is 3.50. The molecule has 0 fully saturated rings. The highest BCUT2D eigenvalue weighted by Gasteiger charge is 2.13. The van der Waals surface area contributed by atoms with Crippen LogP contribution in [0.2, 0.25) is 0 Å². The Morgan fingerprint density at radius 3 is 2.59 bits per heavy atom. The number of hydrogen-bond donors (Lipinski definition) is 3. The van der Waals surface area contributed by atoms with Gasteiger partial charge in [-0.15, -0.1) is 0 Å². The molecule has 0 spiro atoms. The fourth-order valence-corrected chi connectivity index (χ4v) is 1.19. The van der Waals surface area contributed by atoms with Gasteiger partial charge in [0.15, 0.2) is 0 Å². The van der Waals surface area contributed by atoms with Crippen molar-refractivity contribution in [2.24, 2.45) is 5.73 Å². The van der Waals surface area contributed by atoms with Crippen molar-refractivity contribution < 1.29 is 19.4 Å². The van der Waals surface area contributed by atoms with Crippen molar-refractivity contribution in [3.8, 4) is 5.75 Å². The van der Waals surface area contributed by atoms with Crippen LogP contribution in [0.1, 0.15) is 17.3 Å². The van der Waals surface area contributed by atoms with E-state index in [1.807, 2.05) is 0 Å². The standard InChI is InChI=1S/C11H14N2O4/c1-6(12)10(14)13-8-5-7(11(15)16)3-4-9(8)17-2/h3-6H,12H2,1-2H3,(H,13,14)(H,15,16)/t6-/m1/s1. The summed E-state index contributed by atoms with van der Waals surface area (Å²) in [5.74, 6) is -1.11. The topological polar surface area (TPSA) is 102 Å². The van der Waals surface area contributed by atoms with Gasteiger partial charge in [0.1, 0.15) is 5.75 Å². The summed E-state index contributed by atoms with van der Waals surface area (Å²) < 4.78 is 5.01. The number of rotatable bonds is 4. The Morgan fingerprint density at radius 1 is 1.47 bits per heavy atom. The van der Waals surface area contributed by atoms with Crippen LogP contribution < -0.4 is 15.8 Å². The minimum absolute atomic E-state index is 0.0609. The van der Waals surface area contributed by atoms with Gasteiger partial charge in [-0.1, -0.05) is 0 Å². The summed E-state index contributed by atoms with van der Waals surface area (Å²) in [5, 5.41) is 11.3. The number of carboxylic acids is 1. The van der Waals surface area contributed by atoms with Gasteiger partial charge in [-0.3, -0.25) is 4.79 Å². The summed E-state index contributed by atoms with van der Waals surface area (Å²) in [4.78, 5) is 22.2. The maximum Gasteiger partial charge on any atom is 0.335 e. The molecule has 6 nitrogen and oxygen atoms in total. The number of aromatic carboxylic acids is 1. The number of carboxylic acid groups (broad SMARTS) is 1. The highest BCUT2D eigenvalue weighted by atomic mass is 16.5. The Kier molecular flexibility index (Phi) is 4.06. The second kappa shape index (κ2) is 5.31. The lowest BCUT2D eigenvalue weighted by molar-refractivity contribution is -0.117. The van der Waals surface area contributed by atoms with Crippen molar-refractivity contribution in [1.82, 2.24) is 0 Å². The third-order valence-electron chi connectivity index (χ3n) is 2.12. The first kappa shape index (κ1) is 13.0. The second-order valence-corrected chi connectivity index (χ2v) is 3.50. The maximum atomic E-state index is 11.4. The first-order valence-corrected chi connectivity index (χ1v) is 4.93. The van der Waals surface area contributed by atoms with E-state index in [0.717, 1.165) is 0 Å². The quantitative estimate of drug-likeness (QED) is 0.715. The fourth-order valence-electron chi connectivity index (χ4n) is 1.19. The summed E-state index contributed by atoms with van der Waals surface area (Å²) in [5.41, 5.74) is 5.75. The zero-order valence-corrected chi connectivity index (χ0v) is 9.56. The highest BCUT2D eigenvalue weighted by molar-refractivity contribution is 5.97. The number of nitrogens with two attached hydrogens (primary N) is 1. The molecule has 1 atom stereocenters. The van der Waals surface area contributed by atoms with E-state index < -0.39 is 17.9 Å². The van der Waals surface area contributed by atoms with E-state index in [1.54, 1.807) is 0 Å². The number of carbonyl (C=O) groups is 2. The van der Waals surface area contributed by atoms with E-state index in [4.69, 9.17) is 15.6 Å². The smallest absolute Gasteiger partial charge is 0.335 e. The van der Waals surface area contributed by atoms with E-state index in [2.05, 4.69) is 5.32 Å². The number of nitrogens with one attached hydrogen (secondary N) is 1. The molecule has 0 aliphatic carbocycles. The molecule has 92 valence electrons. The van der Waals surface area contributed by atoms with Crippen LogP contribution in [0.4, 0.5) is 5.69 Å². The molecule has 0 saturated carbocycles. The lowest BCUT2D eigenvalue weighted by Gasteiger charge is -2.12. The minimum atomic E-state index is -1.08. The molecular formula is C11H14N2O4. The van der Waals surface area contributed by atoms with Gasteiger partial charge in [-0.25, -0.2) is 4.79 Å². The molecule has 0 radical (unpaired) electrons. The summed E-state index contributed by atoms with van der Waals surface area (Å²) in [6.07, 6.45) is 0. The molecule has 0 heterocycles. The Bertz CT molecular complexity index is 443. The number of amides is 1. The Hall–Kier alpha value is -2.08. The Balaban J connectivity index is 3.06. The SMILES string of the molecule is COc1ccc(C(=O)O)cc1NC(=O)[C@@H](C)N. The fraction of sp³-hybridized carbons (Fsp3) is 0.273. The monoisotopic (exact) mass is 238 g/mol. The van der Waals surface area contributed by atoms with Crippen LogP contribution in [0.5, 0.6) is 5.75 Å². The molecule has 0 aliphatic rings. The molecule has 0 aromatic heterocycles. The lowest BCUT2D eigenvalue weighted by atomic mass is 10.2. The number of hydrogen-bond acceptors (Lipinski definition) is 4. The van der Waals surface area contributed by atoms with Crippen LogP contribution in [-0.4, -0.2) is 30.1 Å². The molecule has 4 N–H and O–H groups in total. The molecule has 17 heavy (non-hydrogen) atoms. The number of anilines is 1. The van der Waals surface area contributed by atoms with Crippen molar-refractivity contribution >= 4 is 17.6 Å². The lowest BCUT2D eigenvalue weighted by Crippen LogP contribution is -2.32. The molecule has 1 aromatic rings. The van der Waals surface area contributed by atoms with Crippen molar-refractivity contribution in [3.05, 3.63) is 23.8 Å². The zero-order chi connectivity index (χ0) is 13.0. The molecule has 6 heteroatoms. The average Bonchev–Trinajstić information content (AvgIpc) is 2.28. The average molecular weight is 238 g/mol. The van der Waals surface area contributed by atoms with Crippen molar-refractivity contribution in [2.45, 2.75) is 13.0 Å². The van der Waals surface area contributed by atoms with Gasteiger partial charge in [-0.2, -0.15) is 0 Å².